The summed E-state index contributed by atoms with van der Waals surface area (Å²) in [6.07, 6.45) is 4.19. The number of carbonyl (C=O) groups is 2. The topological polar surface area (TPSA) is 124 Å². The molecular formula is C30H40N4O6. The number of phenols is 2. The van der Waals surface area contributed by atoms with Crippen molar-refractivity contribution in [2.24, 2.45) is 0 Å². The minimum atomic E-state index is -0.492. The van der Waals surface area contributed by atoms with E-state index in [0.29, 0.717) is 37.7 Å². The van der Waals surface area contributed by atoms with E-state index in [4.69, 9.17) is 9.47 Å². The molecule has 0 amide bonds. The number of nitrogens with zero attached hydrogens (tertiary/aromatic N) is 2. The van der Waals surface area contributed by atoms with Crippen molar-refractivity contribution in [2.75, 3.05) is 63.1 Å². The van der Waals surface area contributed by atoms with E-state index in [9.17, 15) is 19.8 Å². The molecule has 1 aliphatic carbocycles. The summed E-state index contributed by atoms with van der Waals surface area (Å²) < 4.78 is 11.7. The average molecular weight is 553 g/mol. The highest BCUT2D eigenvalue weighted by Crippen LogP contribution is 2.42. The van der Waals surface area contributed by atoms with Gasteiger partial charge in [0.1, 0.15) is 24.0 Å². The normalized spacial score (nSPS) is 21.1. The summed E-state index contributed by atoms with van der Waals surface area (Å²) in [7, 11) is 0. The van der Waals surface area contributed by atoms with Crippen LogP contribution in [0.4, 0.5) is 11.4 Å². The van der Waals surface area contributed by atoms with E-state index >= 15 is 0 Å². The molecule has 3 aliphatic rings. The van der Waals surface area contributed by atoms with Crippen LogP contribution in [0.15, 0.2) is 24.3 Å². The molecule has 216 valence electrons. The number of nitrogens with one attached hydrogen (secondary N) is 2. The summed E-state index contributed by atoms with van der Waals surface area (Å²) in [5.74, 6) is -1.63. The molecule has 10 nitrogen and oxygen atoms in total. The van der Waals surface area contributed by atoms with E-state index in [-0.39, 0.29) is 46.2 Å². The molecule has 4 N–H and O–H groups in total. The van der Waals surface area contributed by atoms with Crippen molar-refractivity contribution in [3.05, 3.63) is 46.5 Å². The van der Waals surface area contributed by atoms with Crippen LogP contribution in [0.3, 0.4) is 0 Å². The van der Waals surface area contributed by atoms with Crippen molar-refractivity contribution in [1.29, 1.82) is 0 Å². The first-order valence-corrected chi connectivity index (χ1v) is 14.4. The van der Waals surface area contributed by atoms with E-state index in [0.717, 1.165) is 51.9 Å². The highest BCUT2D eigenvalue weighted by molar-refractivity contribution is 6.33. The Morgan fingerprint density at radius 2 is 1.15 bits per heavy atom. The molecule has 0 bridgehead atoms. The lowest BCUT2D eigenvalue weighted by molar-refractivity contribution is 0.0285. The van der Waals surface area contributed by atoms with Crippen LogP contribution in [-0.2, 0) is 9.47 Å². The molecule has 2 aromatic carbocycles. The summed E-state index contributed by atoms with van der Waals surface area (Å²) >= 11 is 0. The zero-order valence-corrected chi connectivity index (χ0v) is 23.4. The standard InChI is InChI=1S/C30H40N4O6/c1-3-5-23-33(15-17-39-23)13-11-31-19-7-8-20(32-12-14-34-16-18-40-24(34)6-4-2)26-25(19)29(37)27-21(35)9-10-22(36)28(27)30(26)38/h7-10,23-24,31-32,35-36H,3-6,11-18H2,1-2H3. The highest BCUT2D eigenvalue weighted by atomic mass is 16.5. The molecule has 2 unspecified atom stereocenters. The van der Waals surface area contributed by atoms with Gasteiger partial charge >= 0.3 is 0 Å². The number of carbonyl (C=O) groups excluding carboxylic acids is 2. The summed E-state index contributed by atoms with van der Waals surface area (Å²) in [4.78, 5) is 32.2. The fraction of sp³-hybridized carbons (Fsp3) is 0.533. The maximum absolute atomic E-state index is 13.8. The number of benzene rings is 2. The predicted molar refractivity (Wildman–Crippen MR) is 152 cm³/mol. The van der Waals surface area contributed by atoms with Gasteiger partial charge in [-0.15, -0.1) is 0 Å². The smallest absolute Gasteiger partial charge is 0.200 e. The third kappa shape index (κ3) is 5.54. The Morgan fingerprint density at radius 3 is 1.55 bits per heavy atom. The Kier molecular flexibility index (Phi) is 8.90. The number of rotatable bonds is 12. The van der Waals surface area contributed by atoms with Gasteiger partial charge in [-0.1, -0.05) is 26.7 Å². The molecule has 0 spiro atoms. The third-order valence-corrected chi connectivity index (χ3v) is 7.97. The molecule has 2 aromatic rings. The van der Waals surface area contributed by atoms with E-state index in [2.05, 4.69) is 34.3 Å². The summed E-state index contributed by atoms with van der Waals surface area (Å²) in [5, 5.41) is 27.8. The third-order valence-electron chi connectivity index (χ3n) is 7.97. The molecule has 40 heavy (non-hydrogen) atoms. The second-order valence-corrected chi connectivity index (χ2v) is 10.6. The first-order valence-electron chi connectivity index (χ1n) is 14.4. The largest absolute Gasteiger partial charge is 0.507 e. The van der Waals surface area contributed by atoms with Crippen LogP contribution in [0.1, 0.15) is 71.4 Å². The van der Waals surface area contributed by atoms with Gasteiger partial charge in [0.2, 0.25) is 11.6 Å². The van der Waals surface area contributed by atoms with Gasteiger partial charge in [0.15, 0.2) is 0 Å². The van der Waals surface area contributed by atoms with E-state index < -0.39 is 11.6 Å². The molecule has 0 aromatic heterocycles. The number of fused-ring (bicyclic) bond motifs is 2. The Bertz CT molecular complexity index is 1160. The minimum Gasteiger partial charge on any atom is -0.507 e. The Balaban J connectivity index is 1.40. The highest BCUT2D eigenvalue weighted by Gasteiger charge is 2.38. The number of aromatic hydroxyl groups is 2. The fourth-order valence-corrected chi connectivity index (χ4v) is 5.98. The minimum absolute atomic E-state index is 0.0974. The van der Waals surface area contributed by atoms with E-state index in [1.54, 1.807) is 12.1 Å². The van der Waals surface area contributed by atoms with Gasteiger partial charge in [-0.25, -0.2) is 0 Å². The molecule has 10 heteroatoms. The predicted octanol–water partition coefficient (Wildman–Crippen LogP) is 3.61. The lowest BCUT2D eigenvalue weighted by Gasteiger charge is -2.27. The van der Waals surface area contributed by atoms with E-state index in [1.807, 2.05) is 0 Å². The molecule has 5 rings (SSSR count). The number of hydrogen-bond donors (Lipinski definition) is 4. The van der Waals surface area contributed by atoms with Crippen LogP contribution in [0.25, 0.3) is 0 Å². The molecule has 2 fully saturated rings. The maximum atomic E-state index is 13.8. The summed E-state index contributed by atoms with van der Waals surface area (Å²) in [5.41, 5.74) is 1.14. The first-order chi connectivity index (χ1) is 19.4. The van der Waals surface area contributed by atoms with Crippen molar-refractivity contribution in [3.8, 4) is 11.5 Å². The van der Waals surface area contributed by atoms with Crippen molar-refractivity contribution in [1.82, 2.24) is 9.80 Å². The van der Waals surface area contributed by atoms with Crippen LogP contribution in [0.2, 0.25) is 0 Å². The Hall–Kier alpha value is -3.18. The lowest BCUT2D eigenvalue weighted by atomic mass is 9.81. The second-order valence-electron chi connectivity index (χ2n) is 10.6. The van der Waals surface area contributed by atoms with Gasteiger partial charge in [-0.3, -0.25) is 19.4 Å². The zero-order chi connectivity index (χ0) is 28.2. The van der Waals surface area contributed by atoms with Gasteiger partial charge in [-0.05, 0) is 37.1 Å². The van der Waals surface area contributed by atoms with Crippen LogP contribution in [0, 0.1) is 0 Å². The molecular weight excluding hydrogens is 512 g/mol. The number of phenolic OH excluding ortho intramolecular Hbond substituents is 2. The van der Waals surface area contributed by atoms with Gasteiger partial charge < -0.3 is 30.3 Å². The molecule has 2 heterocycles. The summed E-state index contributed by atoms with van der Waals surface area (Å²) in [6.45, 7) is 9.94. The molecule has 2 saturated heterocycles. The summed E-state index contributed by atoms with van der Waals surface area (Å²) in [6, 6.07) is 6.09. The van der Waals surface area contributed by atoms with Gasteiger partial charge in [0.25, 0.3) is 0 Å². The monoisotopic (exact) mass is 552 g/mol. The van der Waals surface area contributed by atoms with Gasteiger partial charge in [0.05, 0.1) is 35.5 Å². The Labute approximate surface area is 235 Å². The van der Waals surface area contributed by atoms with Crippen LogP contribution in [-0.4, -0.2) is 96.5 Å². The number of ketones is 2. The average Bonchev–Trinajstić information content (AvgIpc) is 3.58. The quantitative estimate of drug-likeness (QED) is 0.248. The van der Waals surface area contributed by atoms with Crippen molar-refractivity contribution < 1.29 is 29.3 Å². The number of ether oxygens (including phenoxy) is 2. The second kappa shape index (κ2) is 12.6. The van der Waals surface area contributed by atoms with Gasteiger partial charge in [-0.2, -0.15) is 0 Å². The lowest BCUT2D eigenvalue weighted by Crippen LogP contribution is -2.35. The fourth-order valence-electron chi connectivity index (χ4n) is 5.98. The van der Waals surface area contributed by atoms with Crippen molar-refractivity contribution in [2.45, 2.75) is 52.0 Å². The van der Waals surface area contributed by atoms with Crippen LogP contribution >= 0.6 is 0 Å². The van der Waals surface area contributed by atoms with Gasteiger partial charge in [0, 0.05) is 50.6 Å². The first kappa shape index (κ1) is 28.4. The molecule has 2 atom stereocenters. The van der Waals surface area contributed by atoms with Crippen molar-refractivity contribution in [3.63, 3.8) is 0 Å². The molecule has 2 aliphatic heterocycles. The molecule has 0 saturated carbocycles. The SMILES string of the molecule is CCCC1OCCN1CCNc1ccc(NCCN2CCOC2CCC)c2c1C(=O)c1c(O)ccc(O)c1C2=O. The van der Waals surface area contributed by atoms with Crippen LogP contribution < -0.4 is 10.6 Å². The Morgan fingerprint density at radius 1 is 0.725 bits per heavy atom. The number of anilines is 2. The maximum Gasteiger partial charge on any atom is 0.200 e. The van der Waals surface area contributed by atoms with Crippen LogP contribution in [0.5, 0.6) is 11.5 Å². The zero-order valence-electron chi connectivity index (χ0n) is 23.4. The number of hydrogen-bond acceptors (Lipinski definition) is 10. The van der Waals surface area contributed by atoms with E-state index in [1.165, 1.54) is 12.1 Å². The van der Waals surface area contributed by atoms with Crippen molar-refractivity contribution >= 4 is 22.9 Å². The molecule has 0 radical (unpaired) electrons.